The summed E-state index contributed by atoms with van der Waals surface area (Å²) in [5.41, 5.74) is 3.51. The van der Waals surface area contributed by atoms with Crippen molar-refractivity contribution in [3.8, 4) is 5.69 Å². The van der Waals surface area contributed by atoms with Gasteiger partial charge in [0.2, 0.25) is 0 Å². The van der Waals surface area contributed by atoms with Crippen molar-refractivity contribution in [2.24, 2.45) is 0 Å². The molecule has 6 nitrogen and oxygen atoms in total. The van der Waals surface area contributed by atoms with E-state index >= 15 is 0 Å². The highest BCUT2D eigenvalue weighted by Crippen LogP contribution is 2.26. The van der Waals surface area contributed by atoms with Crippen molar-refractivity contribution in [2.45, 2.75) is 13.0 Å². The number of benzene rings is 2. The van der Waals surface area contributed by atoms with E-state index in [1.807, 2.05) is 43.3 Å². The van der Waals surface area contributed by atoms with Gasteiger partial charge < -0.3 is 10.1 Å². The van der Waals surface area contributed by atoms with Crippen LogP contribution in [-0.2, 0) is 4.74 Å². The van der Waals surface area contributed by atoms with Gasteiger partial charge in [0, 0.05) is 35.8 Å². The van der Waals surface area contributed by atoms with Crippen LogP contribution >= 0.6 is 11.3 Å². The van der Waals surface area contributed by atoms with E-state index < -0.39 is 0 Å². The van der Waals surface area contributed by atoms with E-state index in [4.69, 9.17) is 9.72 Å². The zero-order chi connectivity index (χ0) is 21.9. The molecule has 0 radical (unpaired) electrons. The van der Waals surface area contributed by atoms with E-state index in [-0.39, 0.29) is 11.9 Å². The van der Waals surface area contributed by atoms with Crippen LogP contribution in [0, 0.1) is 6.92 Å². The molecule has 0 bridgehead atoms. The molecule has 0 spiro atoms. The first-order chi connectivity index (χ1) is 15.7. The van der Waals surface area contributed by atoms with Crippen molar-refractivity contribution >= 4 is 28.3 Å². The summed E-state index contributed by atoms with van der Waals surface area (Å²) >= 11 is 1.73. The van der Waals surface area contributed by atoms with E-state index in [1.165, 1.54) is 4.88 Å². The lowest BCUT2D eigenvalue weighted by molar-refractivity contribution is 0.0169. The molecule has 1 atom stereocenters. The summed E-state index contributed by atoms with van der Waals surface area (Å²) in [5, 5.41) is 5.24. The number of carbonyl (C=O) groups is 1. The highest BCUT2D eigenvalue weighted by atomic mass is 32.1. The smallest absolute Gasteiger partial charge is 0.251 e. The maximum absolute atomic E-state index is 13.0. The molecule has 1 N–H and O–H groups in total. The lowest BCUT2D eigenvalue weighted by atomic mass is 10.1. The molecule has 0 saturated carbocycles. The molecule has 164 valence electrons. The molecule has 2 aromatic heterocycles. The Morgan fingerprint density at radius 1 is 1.12 bits per heavy atom. The third kappa shape index (κ3) is 4.19. The van der Waals surface area contributed by atoms with Gasteiger partial charge in [0.25, 0.3) is 5.91 Å². The molecule has 2 aromatic carbocycles. The van der Waals surface area contributed by atoms with Gasteiger partial charge in [-0.1, -0.05) is 24.3 Å². The van der Waals surface area contributed by atoms with Crippen molar-refractivity contribution in [3.63, 3.8) is 0 Å². The molecule has 1 aliphatic heterocycles. The molecule has 5 rings (SSSR count). The average Bonchev–Trinajstić information content (AvgIpc) is 3.47. The quantitative estimate of drug-likeness (QED) is 0.482. The van der Waals surface area contributed by atoms with Crippen molar-refractivity contribution in [2.75, 3.05) is 32.8 Å². The third-order valence-corrected chi connectivity index (χ3v) is 6.89. The zero-order valence-electron chi connectivity index (χ0n) is 18.0. The minimum absolute atomic E-state index is 0.0753. The van der Waals surface area contributed by atoms with Crippen molar-refractivity contribution in [1.29, 1.82) is 0 Å². The van der Waals surface area contributed by atoms with Gasteiger partial charge in [0.1, 0.15) is 5.82 Å². The number of morpholine rings is 1. The van der Waals surface area contributed by atoms with Crippen LogP contribution in [0.5, 0.6) is 0 Å². The Bertz CT molecular complexity index is 1200. The molecule has 1 amide bonds. The Kier molecular flexibility index (Phi) is 6.03. The minimum atomic E-state index is -0.0753. The number of imidazole rings is 1. The molecule has 1 saturated heterocycles. The lowest BCUT2D eigenvalue weighted by Gasteiger charge is -2.34. The second-order valence-electron chi connectivity index (χ2n) is 7.92. The van der Waals surface area contributed by atoms with Crippen LogP contribution in [0.3, 0.4) is 0 Å². The first kappa shape index (κ1) is 20.9. The Balaban J connectivity index is 1.35. The number of thiophene rings is 1. The van der Waals surface area contributed by atoms with Gasteiger partial charge in [0.05, 0.1) is 30.3 Å². The van der Waals surface area contributed by atoms with Crippen LogP contribution < -0.4 is 5.32 Å². The zero-order valence-corrected chi connectivity index (χ0v) is 18.8. The molecule has 1 aliphatic rings. The van der Waals surface area contributed by atoms with Crippen LogP contribution in [0.1, 0.15) is 27.1 Å². The number of amides is 1. The van der Waals surface area contributed by atoms with E-state index in [0.717, 1.165) is 48.8 Å². The molecule has 7 heteroatoms. The molecule has 0 aliphatic carbocycles. The van der Waals surface area contributed by atoms with Crippen LogP contribution in [-0.4, -0.2) is 53.2 Å². The number of ether oxygens (including phenoxy) is 1. The van der Waals surface area contributed by atoms with E-state index in [9.17, 15) is 4.79 Å². The first-order valence-electron chi connectivity index (χ1n) is 10.9. The Labute approximate surface area is 191 Å². The molecular formula is C25H26N4O2S. The number of nitrogens with zero attached hydrogens (tertiary/aromatic N) is 3. The second-order valence-corrected chi connectivity index (χ2v) is 8.90. The van der Waals surface area contributed by atoms with Gasteiger partial charge in [-0.05, 0) is 48.7 Å². The standard InChI is InChI=1S/C25H26N4O2S/c1-18-27-21-16-19(9-10-22(21)29(18)20-6-3-2-4-7-20)25(30)26-17-23(24-8-5-15-32-24)28-11-13-31-14-12-28/h2-10,15-16,23H,11-14,17H2,1H3,(H,26,30). The third-order valence-electron chi connectivity index (χ3n) is 5.91. The van der Waals surface area contributed by atoms with Gasteiger partial charge >= 0.3 is 0 Å². The summed E-state index contributed by atoms with van der Waals surface area (Å²) in [5.74, 6) is 0.822. The van der Waals surface area contributed by atoms with Gasteiger partial charge in [-0.15, -0.1) is 11.3 Å². The number of nitrogens with one attached hydrogen (secondary N) is 1. The van der Waals surface area contributed by atoms with Crippen molar-refractivity contribution < 1.29 is 9.53 Å². The fraction of sp³-hybridized carbons (Fsp3) is 0.280. The summed E-state index contributed by atoms with van der Waals surface area (Å²) in [4.78, 5) is 21.4. The van der Waals surface area contributed by atoms with Crippen molar-refractivity contribution in [3.05, 3.63) is 82.3 Å². The second kappa shape index (κ2) is 9.24. The monoisotopic (exact) mass is 446 g/mol. The maximum Gasteiger partial charge on any atom is 0.251 e. The van der Waals surface area contributed by atoms with Gasteiger partial charge in [-0.2, -0.15) is 0 Å². The maximum atomic E-state index is 13.0. The number of hydrogen-bond donors (Lipinski definition) is 1. The normalized spacial score (nSPS) is 15.7. The predicted molar refractivity (Wildman–Crippen MR) is 128 cm³/mol. The fourth-order valence-electron chi connectivity index (χ4n) is 4.32. The largest absolute Gasteiger partial charge is 0.379 e. The summed E-state index contributed by atoms with van der Waals surface area (Å²) in [6, 6.07) is 20.3. The lowest BCUT2D eigenvalue weighted by Crippen LogP contribution is -2.43. The van der Waals surface area contributed by atoms with E-state index in [0.29, 0.717) is 12.1 Å². The highest BCUT2D eigenvalue weighted by molar-refractivity contribution is 7.10. The molecule has 1 fully saturated rings. The number of rotatable bonds is 6. The Morgan fingerprint density at radius 2 is 1.94 bits per heavy atom. The van der Waals surface area contributed by atoms with E-state index in [2.05, 4.69) is 44.4 Å². The van der Waals surface area contributed by atoms with Crippen LogP contribution in [0.25, 0.3) is 16.7 Å². The van der Waals surface area contributed by atoms with E-state index in [1.54, 1.807) is 11.3 Å². The van der Waals surface area contributed by atoms with Gasteiger partial charge in [0.15, 0.2) is 0 Å². The number of fused-ring (bicyclic) bond motifs is 1. The van der Waals surface area contributed by atoms with Crippen molar-refractivity contribution in [1.82, 2.24) is 19.8 Å². The summed E-state index contributed by atoms with van der Waals surface area (Å²) in [6.07, 6.45) is 0. The number of aromatic nitrogens is 2. The first-order valence-corrected chi connectivity index (χ1v) is 11.8. The van der Waals surface area contributed by atoms with Crippen LogP contribution in [0.2, 0.25) is 0 Å². The van der Waals surface area contributed by atoms with Crippen LogP contribution in [0.4, 0.5) is 0 Å². The molecule has 3 heterocycles. The Hall–Kier alpha value is -3.00. The number of hydrogen-bond acceptors (Lipinski definition) is 5. The van der Waals surface area contributed by atoms with Crippen LogP contribution in [0.15, 0.2) is 66.0 Å². The summed E-state index contributed by atoms with van der Waals surface area (Å²) in [6.45, 7) is 5.77. The van der Waals surface area contributed by atoms with Gasteiger partial charge in [-0.3, -0.25) is 14.3 Å². The number of carbonyl (C=O) groups excluding carboxylic acids is 1. The summed E-state index contributed by atoms with van der Waals surface area (Å²) < 4.78 is 7.63. The number of aryl methyl sites for hydroxylation is 1. The molecular weight excluding hydrogens is 420 g/mol. The highest BCUT2D eigenvalue weighted by Gasteiger charge is 2.24. The molecule has 32 heavy (non-hydrogen) atoms. The fourth-order valence-corrected chi connectivity index (χ4v) is 5.18. The topological polar surface area (TPSA) is 59.4 Å². The summed E-state index contributed by atoms with van der Waals surface area (Å²) in [7, 11) is 0. The Morgan fingerprint density at radius 3 is 2.69 bits per heavy atom. The predicted octanol–water partition coefficient (Wildman–Crippen LogP) is 4.20. The van der Waals surface area contributed by atoms with Gasteiger partial charge in [-0.25, -0.2) is 4.98 Å². The SMILES string of the molecule is Cc1nc2cc(C(=O)NCC(c3cccs3)N3CCOCC3)ccc2n1-c1ccccc1. The minimum Gasteiger partial charge on any atom is -0.379 e. The molecule has 1 unspecified atom stereocenters. The average molecular weight is 447 g/mol. The molecule has 4 aromatic rings. The number of para-hydroxylation sites is 1.